The summed E-state index contributed by atoms with van der Waals surface area (Å²) in [6, 6.07) is 3.73. The summed E-state index contributed by atoms with van der Waals surface area (Å²) >= 11 is 5.88. The van der Waals surface area contributed by atoms with Crippen LogP contribution in [0.3, 0.4) is 0 Å². The number of nitrogens with zero attached hydrogens (tertiary/aromatic N) is 1. The van der Waals surface area contributed by atoms with Gasteiger partial charge < -0.3 is 14.4 Å². The van der Waals surface area contributed by atoms with Gasteiger partial charge in [0.05, 0.1) is 22.8 Å². The van der Waals surface area contributed by atoms with E-state index in [-0.39, 0.29) is 33.6 Å². The maximum Gasteiger partial charge on any atom is 0.338 e. The standard InChI is InChI=1S/C16H21ClN2O6S/c1-10-7-19(8-11(2)25-10)15(20)9-24-16(21)12-4-5-13(17)14(6-12)26(22,23)18-3/h4-6,10-11,18H,7-9H2,1-3H3/t10-,11+. The fourth-order valence-electron chi connectivity index (χ4n) is 2.63. The molecule has 1 N–H and O–H groups in total. The van der Waals surface area contributed by atoms with Crippen LogP contribution < -0.4 is 4.72 Å². The topological polar surface area (TPSA) is 102 Å². The number of rotatable bonds is 5. The molecule has 0 saturated carbocycles. The van der Waals surface area contributed by atoms with Gasteiger partial charge in [0.25, 0.3) is 5.91 Å². The fraction of sp³-hybridized carbons (Fsp3) is 0.500. The van der Waals surface area contributed by atoms with Crippen LogP contribution in [0.2, 0.25) is 5.02 Å². The van der Waals surface area contributed by atoms with E-state index in [9.17, 15) is 18.0 Å². The van der Waals surface area contributed by atoms with Gasteiger partial charge in [0.15, 0.2) is 6.61 Å². The van der Waals surface area contributed by atoms with Crippen LogP contribution in [-0.4, -0.2) is 64.1 Å². The average Bonchev–Trinajstić information content (AvgIpc) is 2.58. The number of benzene rings is 1. The van der Waals surface area contributed by atoms with Crippen molar-refractivity contribution in [1.29, 1.82) is 0 Å². The second-order valence-corrected chi connectivity index (χ2v) is 8.25. The first-order valence-corrected chi connectivity index (χ1v) is 9.83. The molecule has 0 spiro atoms. The van der Waals surface area contributed by atoms with Gasteiger partial charge in [-0.3, -0.25) is 4.79 Å². The molecule has 2 rings (SSSR count). The van der Waals surface area contributed by atoms with Crippen molar-refractivity contribution < 1.29 is 27.5 Å². The van der Waals surface area contributed by atoms with E-state index in [1.54, 1.807) is 4.90 Å². The summed E-state index contributed by atoms with van der Waals surface area (Å²) in [6.07, 6.45) is -0.187. The molecule has 1 saturated heterocycles. The van der Waals surface area contributed by atoms with Crippen LogP contribution in [0.25, 0.3) is 0 Å². The number of nitrogens with one attached hydrogen (secondary N) is 1. The highest BCUT2D eigenvalue weighted by Crippen LogP contribution is 2.23. The Kier molecular flexibility index (Phi) is 6.62. The van der Waals surface area contributed by atoms with Gasteiger partial charge in [-0.15, -0.1) is 0 Å². The number of hydrogen-bond donors (Lipinski definition) is 1. The molecule has 1 fully saturated rings. The molecule has 0 radical (unpaired) electrons. The lowest BCUT2D eigenvalue weighted by Gasteiger charge is -2.35. The monoisotopic (exact) mass is 404 g/mol. The molecule has 0 bridgehead atoms. The lowest BCUT2D eigenvalue weighted by atomic mass is 10.2. The molecule has 2 atom stereocenters. The summed E-state index contributed by atoms with van der Waals surface area (Å²) in [4.78, 5) is 25.7. The molecule has 8 nitrogen and oxygen atoms in total. The molecular formula is C16H21ClN2O6S. The van der Waals surface area contributed by atoms with E-state index in [0.717, 1.165) is 6.07 Å². The third kappa shape index (κ3) is 4.94. The molecule has 144 valence electrons. The summed E-state index contributed by atoms with van der Waals surface area (Å²) in [7, 11) is -2.59. The highest BCUT2D eigenvalue weighted by molar-refractivity contribution is 7.89. The number of sulfonamides is 1. The Morgan fingerprint density at radius 3 is 2.50 bits per heavy atom. The number of amides is 1. The van der Waals surface area contributed by atoms with Gasteiger partial charge >= 0.3 is 5.97 Å². The first kappa shape index (κ1) is 20.6. The van der Waals surface area contributed by atoms with Gasteiger partial charge in [-0.05, 0) is 39.1 Å². The fourth-order valence-corrected chi connectivity index (χ4v) is 3.88. The van der Waals surface area contributed by atoms with E-state index in [0.29, 0.717) is 13.1 Å². The van der Waals surface area contributed by atoms with Crippen molar-refractivity contribution >= 4 is 33.5 Å². The number of carbonyl (C=O) groups excluding carboxylic acids is 2. The lowest BCUT2D eigenvalue weighted by Crippen LogP contribution is -2.49. The van der Waals surface area contributed by atoms with Gasteiger partial charge in [-0.2, -0.15) is 0 Å². The van der Waals surface area contributed by atoms with Crippen LogP contribution in [0.1, 0.15) is 24.2 Å². The Hall–Kier alpha value is -1.68. The van der Waals surface area contributed by atoms with Crippen molar-refractivity contribution in [2.45, 2.75) is 31.0 Å². The zero-order chi connectivity index (χ0) is 19.5. The van der Waals surface area contributed by atoms with Crippen molar-refractivity contribution in [3.63, 3.8) is 0 Å². The SMILES string of the molecule is CNS(=O)(=O)c1cc(C(=O)OCC(=O)N2C[C@@H](C)O[C@@H](C)C2)ccc1Cl. The maximum absolute atomic E-state index is 12.2. The number of morpholine rings is 1. The van der Waals surface area contributed by atoms with Crippen LogP contribution in [0, 0.1) is 0 Å². The average molecular weight is 405 g/mol. The first-order valence-electron chi connectivity index (χ1n) is 7.97. The normalized spacial score (nSPS) is 20.7. The molecule has 26 heavy (non-hydrogen) atoms. The minimum Gasteiger partial charge on any atom is -0.452 e. The van der Waals surface area contributed by atoms with Crippen LogP contribution in [0.15, 0.2) is 23.1 Å². The van der Waals surface area contributed by atoms with Gasteiger partial charge in [0.2, 0.25) is 10.0 Å². The number of hydrogen-bond acceptors (Lipinski definition) is 6. The molecule has 1 aromatic rings. The van der Waals surface area contributed by atoms with Crippen molar-refractivity contribution in [1.82, 2.24) is 9.62 Å². The summed E-state index contributed by atoms with van der Waals surface area (Å²) < 4.78 is 36.5. The minimum atomic E-state index is -3.82. The van der Waals surface area contributed by atoms with Crippen LogP contribution in [0.5, 0.6) is 0 Å². The quantitative estimate of drug-likeness (QED) is 0.736. The van der Waals surface area contributed by atoms with Gasteiger partial charge in [-0.25, -0.2) is 17.9 Å². The second-order valence-electron chi connectivity index (χ2n) is 5.98. The summed E-state index contributed by atoms with van der Waals surface area (Å²) in [6.45, 7) is 4.13. The summed E-state index contributed by atoms with van der Waals surface area (Å²) in [5.41, 5.74) is -0.0141. The molecule has 1 aromatic carbocycles. The zero-order valence-electron chi connectivity index (χ0n) is 14.7. The van der Waals surface area contributed by atoms with Crippen LogP contribution in [-0.2, 0) is 24.3 Å². The molecule has 0 unspecified atom stereocenters. The lowest BCUT2D eigenvalue weighted by molar-refractivity contribution is -0.146. The van der Waals surface area contributed by atoms with Crippen molar-refractivity contribution in [2.75, 3.05) is 26.7 Å². The molecule has 0 aliphatic carbocycles. The van der Waals surface area contributed by atoms with Gasteiger partial charge in [0.1, 0.15) is 4.90 Å². The van der Waals surface area contributed by atoms with Gasteiger partial charge in [0, 0.05) is 13.1 Å². The number of ether oxygens (including phenoxy) is 2. The Morgan fingerprint density at radius 2 is 1.92 bits per heavy atom. The molecule has 10 heteroatoms. The van der Waals surface area contributed by atoms with Crippen LogP contribution in [0.4, 0.5) is 0 Å². The molecule has 0 aromatic heterocycles. The Bertz CT molecular complexity index is 788. The van der Waals surface area contributed by atoms with Crippen LogP contribution >= 0.6 is 11.6 Å². The smallest absolute Gasteiger partial charge is 0.338 e. The summed E-state index contributed by atoms with van der Waals surface area (Å²) in [5, 5.41) is -0.0248. The Labute approximate surface area is 157 Å². The van der Waals surface area contributed by atoms with E-state index in [1.807, 2.05) is 13.8 Å². The van der Waals surface area contributed by atoms with Crippen molar-refractivity contribution in [3.8, 4) is 0 Å². The highest BCUT2D eigenvalue weighted by Gasteiger charge is 2.27. The molecule has 1 amide bonds. The predicted octanol–water partition coefficient (Wildman–Crippen LogP) is 1.04. The van der Waals surface area contributed by atoms with E-state index < -0.39 is 22.6 Å². The zero-order valence-corrected chi connectivity index (χ0v) is 16.3. The molecular weight excluding hydrogens is 384 g/mol. The van der Waals surface area contributed by atoms with E-state index in [2.05, 4.69) is 4.72 Å². The number of esters is 1. The summed E-state index contributed by atoms with van der Waals surface area (Å²) in [5.74, 6) is -1.14. The molecule has 1 heterocycles. The highest BCUT2D eigenvalue weighted by atomic mass is 35.5. The second kappa shape index (κ2) is 8.34. The first-order chi connectivity index (χ1) is 12.1. The molecule has 1 aliphatic rings. The van der Waals surface area contributed by atoms with E-state index in [4.69, 9.17) is 21.1 Å². The van der Waals surface area contributed by atoms with Gasteiger partial charge in [-0.1, -0.05) is 11.6 Å². The van der Waals surface area contributed by atoms with Crippen molar-refractivity contribution in [3.05, 3.63) is 28.8 Å². The number of halogens is 1. The van der Waals surface area contributed by atoms with Crippen molar-refractivity contribution in [2.24, 2.45) is 0 Å². The number of carbonyl (C=O) groups is 2. The third-order valence-electron chi connectivity index (χ3n) is 3.82. The Morgan fingerprint density at radius 1 is 1.31 bits per heavy atom. The largest absolute Gasteiger partial charge is 0.452 e. The molecule has 1 aliphatic heterocycles. The predicted molar refractivity (Wildman–Crippen MR) is 94.6 cm³/mol. The Balaban J connectivity index is 2.04. The minimum absolute atomic E-state index is 0.0141. The maximum atomic E-state index is 12.2. The van der Waals surface area contributed by atoms with E-state index >= 15 is 0 Å². The third-order valence-corrected chi connectivity index (χ3v) is 5.72. The van der Waals surface area contributed by atoms with E-state index in [1.165, 1.54) is 19.2 Å².